The van der Waals surface area contributed by atoms with Crippen LogP contribution in [0.1, 0.15) is 19.3 Å². The van der Waals surface area contributed by atoms with Gasteiger partial charge in [0.25, 0.3) is 0 Å². The molecule has 1 aliphatic rings. The van der Waals surface area contributed by atoms with Crippen molar-refractivity contribution >= 4 is 23.4 Å². The molecule has 1 heterocycles. The summed E-state index contributed by atoms with van der Waals surface area (Å²) in [7, 11) is 0. The van der Waals surface area contributed by atoms with Gasteiger partial charge in [-0.1, -0.05) is 6.42 Å². The summed E-state index contributed by atoms with van der Waals surface area (Å²) in [6.45, 7) is 0. The number of nitrogens with one attached hydrogen (secondary N) is 1. The van der Waals surface area contributed by atoms with Crippen molar-refractivity contribution < 1.29 is 0 Å². The minimum atomic E-state index is 0.503. The molecule has 0 spiro atoms. The summed E-state index contributed by atoms with van der Waals surface area (Å²) < 4.78 is 0. The summed E-state index contributed by atoms with van der Waals surface area (Å²) in [4.78, 5) is 8.31. The Kier molecular flexibility index (Phi) is 3.30. The maximum Gasteiger partial charge on any atom is 0.222 e. The molecular weight excluding hydrogens is 208 g/mol. The maximum atomic E-state index is 5.53. The zero-order chi connectivity index (χ0) is 10.7. The number of anilines is 2. The van der Waals surface area contributed by atoms with Crippen molar-refractivity contribution in [1.82, 2.24) is 9.97 Å². The van der Waals surface area contributed by atoms with Crippen molar-refractivity contribution in [3.8, 4) is 0 Å². The van der Waals surface area contributed by atoms with Crippen LogP contribution in [0.5, 0.6) is 0 Å². The molecule has 1 aromatic rings. The van der Waals surface area contributed by atoms with Gasteiger partial charge in [0.05, 0.1) is 18.1 Å². The average Bonchev–Trinajstić information content (AvgIpc) is 2.69. The molecule has 0 aliphatic heterocycles. The molecule has 4 nitrogen and oxygen atoms in total. The lowest BCUT2D eigenvalue weighted by atomic mass is 10.2. The summed E-state index contributed by atoms with van der Waals surface area (Å²) in [5.41, 5.74) is 6.14. The third kappa shape index (κ3) is 2.53. The van der Waals surface area contributed by atoms with E-state index in [0.717, 1.165) is 0 Å². The van der Waals surface area contributed by atoms with Gasteiger partial charge in [-0.15, -0.1) is 0 Å². The first-order chi connectivity index (χ1) is 7.29. The second-order valence-corrected chi connectivity index (χ2v) is 4.87. The van der Waals surface area contributed by atoms with Crippen LogP contribution in [0.2, 0.25) is 0 Å². The third-order valence-electron chi connectivity index (χ3n) is 2.74. The summed E-state index contributed by atoms with van der Waals surface area (Å²) in [6, 6.07) is 0.503. The fraction of sp³-hybridized carbons (Fsp3) is 0.600. The van der Waals surface area contributed by atoms with Crippen molar-refractivity contribution in [3.63, 3.8) is 0 Å². The van der Waals surface area contributed by atoms with Gasteiger partial charge in [0.15, 0.2) is 0 Å². The highest BCUT2D eigenvalue weighted by Crippen LogP contribution is 2.29. The zero-order valence-electron chi connectivity index (χ0n) is 8.81. The van der Waals surface area contributed by atoms with Crippen LogP contribution in [-0.2, 0) is 0 Å². The molecule has 1 aliphatic carbocycles. The third-order valence-corrected chi connectivity index (χ3v) is 3.91. The van der Waals surface area contributed by atoms with Crippen LogP contribution < -0.4 is 11.1 Å². The molecule has 2 atom stereocenters. The number of hydrogen-bond donors (Lipinski definition) is 2. The van der Waals surface area contributed by atoms with E-state index in [1.54, 1.807) is 12.4 Å². The monoisotopic (exact) mass is 224 g/mol. The molecule has 5 heteroatoms. The first-order valence-electron chi connectivity index (χ1n) is 5.16. The van der Waals surface area contributed by atoms with E-state index in [9.17, 15) is 0 Å². The highest BCUT2D eigenvalue weighted by atomic mass is 32.2. The van der Waals surface area contributed by atoms with Crippen LogP contribution in [0.25, 0.3) is 0 Å². The fourth-order valence-electron chi connectivity index (χ4n) is 1.95. The van der Waals surface area contributed by atoms with Gasteiger partial charge < -0.3 is 11.1 Å². The molecule has 82 valence electrons. The molecule has 0 aromatic carbocycles. The SMILES string of the molecule is CSC1CCCC1Nc1ncc(N)cn1. The topological polar surface area (TPSA) is 63.8 Å². The van der Waals surface area contributed by atoms with Gasteiger partial charge in [-0.3, -0.25) is 0 Å². The number of hydrogen-bond acceptors (Lipinski definition) is 5. The molecule has 2 unspecified atom stereocenters. The van der Waals surface area contributed by atoms with E-state index < -0.39 is 0 Å². The van der Waals surface area contributed by atoms with Gasteiger partial charge in [-0.05, 0) is 19.1 Å². The predicted octanol–water partition coefficient (Wildman–Crippen LogP) is 1.75. The minimum Gasteiger partial charge on any atom is -0.396 e. The normalized spacial score (nSPS) is 25.4. The molecule has 0 radical (unpaired) electrons. The quantitative estimate of drug-likeness (QED) is 0.819. The summed E-state index contributed by atoms with van der Waals surface area (Å²) >= 11 is 1.92. The van der Waals surface area contributed by atoms with Gasteiger partial charge in [-0.2, -0.15) is 11.8 Å². The van der Waals surface area contributed by atoms with Crippen molar-refractivity contribution in [2.45, 2.75) is 30.6 Å². The van der Waals surface area contributed by atoms with Crippen molar-refractivity contribution in [2.24, 2.45) is 0 Å². The Hall–Kier alpha value is -0.970. The first kappa shape index (κ1) is 10.5. The smallest absolute Gasteiger partial charge is 0.222 e. The standard InChI is InChI=1S/C10H16N4S/c1-15-9-4-2-3-8(9)14-10-12-5-7(11)6-13-10/h5-6,8-9H,2-4,11H2,1H3,(H,12,13,14). The van der Waals surface area contributed by atoms with Gasteiger partial charge >= 0.3 is 0 Å². The number of aromatic nitrogens is 2. The summed E-state index contributed by atoms with van der Waals surface area (Å²) in [5.74, 6) is 0.690. The molecule has 0 bridgehead atoms. The van der Waals surface area contributed by atoms with Crippen molar-refractivity contribution in [3.05, 3.63) is 12.4 Å². The molecule has 2 rings (SSSR count). The lowest BCUT2D eigenvalue weighted by molar-refractivity contribution is 0.757. The van der Waals surface area contributed by atoms with Crippen LogP contribution in [0, 0.1) is 0 Å². The second-order valence-electron chi connectivity index (χ2n) is 3.80. The molecule has 3 N–H and O–H groups in total. The molecule has 1 fully saturated rings. The van der Waals surface area contributed by atoms with E-state index in [1.165, 1.54) is 19.3 Å². The fourth-order valence-corrected chi connectivity index (χ4v) is 2.89. The van der Waals surface area contributed by atoms with Crippen LogP contribution in [0.4, 0.5) is 11.6 Å². The summed E-state index contributed by atoms with van der Waals surface area (Å²) in [5, 5.41) is 4.06. The van der Waals surface area contributed by atoms with E-state index in [1.807, 2.05) is 11.8 Å². The highest BCUT2D eigenvalue weighted by molar-refractivity contribution is 7.99. The van der Waals surface area contributed by atoms with Crippen molar-refractivity contribution in [2.75, 3.05) is 17.3 Å². The van der Waals surface area contributed by atoms with Crippen molar-refractivity contribution in [1.29, 1.82) is 0 Å². The average molecular weight is 224 g/mol. The molecule has 0 saturated heterocycles. The van der Waals surface area contributed by atoms with E-state index in [4.69, 9.17) is 5.73 Å². The van der Waals surface area contributed by atoms with E-state index in [0.29, 0.717) is 22.9 Å². The number of nitrogens with zero attached hydrogens (tertiary/aromatic N) is 2. The van der Waals surface area contributed by atoms with E-state index >= 15 is 0 Å². The Bertz CT molecular complexity index is 314. The minimum absolute atomic E-state index is 0.503. The summed E-state index contributed by atoms with van der Waals surface area (Å²) in [6.07, 6.45) is 9.22. The van der Waals surface area contributed by atoms with E-state index in [-0.39, 0.29) is 0 Å². The van der Waals surface area contributed by atoms with Crippen LogP contribution in [0.3, 0.4) is 0 Å². The maximum absolute atomic E-state index is 5.53. The molecule has 15 heavy (non-hydrogen) atoms. The first-order valence-corrected chi connectivity index (χ1v) is 6.45. The Labute approximate surface area is 94.1 Å². The Morgan fingerprint density at radius 2 is 2.13 bits per heavy atom. The Balaban J connectivity index is 1.99. The number of nitrogen functional groups attached to an aromatic ring is 1. The second kappa shape index (κ2) is 4.70. The zero-order valence-corrected chi connectivity index (χ0v) is 9.63. The highest BCUT2D eigenvalue weighted by Gasteiger charge is 2.26. The molecular formula is C10H16N4S. The Morgan fingerprint density at radius 1 is 1.40 bits per heavy atom. The lowest BCUT2D eigenvalue weighted by Crippen LogP contribution is -2.26. The Morgan fingerprint density at radius 3 is 2.80 bits per heavy atom. The van der Waals surface area contributed by atoms with Gasteiger partial charge in [-0.25, -0.2) is 9.97 Å². The van der Waals surface area contributed by atoms with Crippen LogP contribution in [-0.4, -0.2) is 27.5 Å². The van der Waals surface area contributed by atoms with Gasteiger partial charge in [0, 0.05) is 11.3 Å². The van der Waals surface area contributed by atoms with Gasteiger partial charge in [0.1, 0.15) is 0 Å². The van der Waals surface area contributed by atoms with Gasteiger partial charge in [0.2, 0.25) is 5.95 Å². The molecule has 1 aromatic heterocycles. The van der Waals surface area contributed by atoms with Crippen LogP contribution in [0.15, 0.2) is 12.4 Å². The largest absolute Gasteiger partial charge is 0.396 e. The number of nitrogens with two attached hydrogens (primary N) is 1. The van der Waals surface area contributed by atoms with E-state index in [2.05, 4.69) is 21.5 Å². The number of rotatable bonds is 3. The number of thioether (sulfide) groups is 1. The van der Waals surface area contributed by atoms with Crippen LogP contribution >= 0.6 is 11.8 Å². The lowest BCUT2D eigenvalue weighted by Gasteiger charge is -2.18. The molecule has 1 saturated carbocycles. The molecule has 0 amide bonds. The predicted molar refractivity (Wildman–Crippen MR) is 65.0 cm³/mol.